The molecule has 0 amide bonds. The zero-order valence-electron chi connectivity index (χ0n) is 18.4. The van der Waals surface area contributed by atoms with Crippen molar-refractivity contribution in [2.24, 2.45) is 0 Å². The largest absolute Gasteiger partial charge is 0.482 e. The summed E-state index contributed by atoms with van der Waals surface area (Å²) >= 11 is 0. The number of rotatable bonds is 8. The van der Waals surface area contributed by atoms with E-state index in [1.54, 1.807) is 38.1 Å². The number of hydrogen-bond acceptors (Lipinski definition) is 4. The van der Waals surface area contributed by atoms with Gasteiger partial charge in [0.1, 0.15) is 5.75 Å². The first-order chi connectivity index (χ1) is 15.5. The third-order valence-electron chi connectivity index (χ3n) is 5.32. The van der Waals surface area contributed by atoms with Crippen LogP contribution in [0.15, 0.2) is 59.5 Å². The van der Waals surface area contributed by atoms with E-state index in [2.05, 4.69) is 11.6 Å². The van der Waals surface area contributed by atoms with Crippen molar-refractivity contribution in [3.63, 3.8) is 0 Å². The fourth-order valence-corrected chi connectivity index (χ4v) is 3.50. The van der Waals surface area contributed by atoms with Gasteiger partial charge in [0.15, 0.2) is 11.9 Å². The maximum atomic E-state index is 12.8. The molecule has 0 bridgehead atoms. The number of aryl methyl sites for hydroxylation is 2. The van der Waals surface area contributed by atoms with Crippen LogP contribution < -0.4 is 4.74 Å². The molecule has 2 unspecified atom stereocenters. The molecule has 0 aliphatic heterocycles. The molecule has 1 heterocycles. The zero-order valence-corrected chi connectivity index (χ0v) is 18.4. The SMILES string of the molecule is C=CCC(Oc1ccc(C(C)C(=O)O)c(C)c1)c1oc(-c2ccc(C(F)(F)F)cc2)nc1C. The summed E-state index contributed by atoms with van der Waals surface area (Å²) in [6.45, 7) is 8.92. The maximum absolute atomic E-state index is 12.8. The summed E-state index contributed by atoms with van der Waals surface area (Å²) < 4.78 is 50.5. The quantitative estimate of drug-likeness (QED) is 0.373. The van der Waals surface area contributed by atoms with Gasteiger partial charge in [-0.25, -0.2) is 4.98 Å². The number of hydrogen-bond donors (Lipinski definition) is 1. The molecule has 3 rings (SSSR count). The number of aromatic nitrogens is 1. The first-order valence-electron chi connectivity index (χ1n) is 10.3. The van der Waals surface area contributed by atoms with Crippen LogP contribution in [0.2, 0.25) is 0 Å². The number of benzene rings is 2. The van der Waals surface area contributed by atoms with Crippen LogP contribution in [0.25, 0.3) is 11.5 Å². The van der Waals surface area contributed by atoms with Crippen LogP contribution in [0.4, 0.5) is 13.2 Å². The molecule has 0 saturated carbocycles. The lowest BCUT2D eigenvalue weighted by molar-refractivity contribution is -0.138. The molecule has 0 fully saturated rings. The molecular weight excluding hydrogens is 435 g/mol. The average Bonchev–Trinajstić information content (AvgIpc) is 3.14. The molecule has 33 heavy (non-hydrogen) atoms. The molecule has 2 aromatic carbocycles. The van der Waals surface area contributed by atoms with Crippen molar-refractivity contribution in [3.8, 4) is 17.2 Å². The first kappa shape index (κ1) is 24.1. The highest BCUT2D eigenvalue weighted by Crippen LogP contribution is 2.34. The van der Waals surface area contributed by atoms with E-state index < -0.39 is 29.7 Å². The van der Waals surface area contributed by atoms with Crippen LogP contribution in [-0.4, -0.2) is 16.1 Å². The second kappa shape index (κ2) is 9.52. The third kappa shape index (κ3) is 5.45. The molecule has 0 radical (unpaired) electrons. The van der Waals surface area contributed by atoms with E-state index >= 15 is 0 Å². The van der Waals surface area contributed by atoms with Crippen molar-refractivity contribution in [2.75, 3.05) is 0 Å². The van der Waals surface area contributed by atoms with E-state index in [0.717, 1.165) is 17.7 Å². The van der Waals surface area contributed by atoms with E-state index in [-0.39, 0.29) is 5.89 Å². The van der Waals surface area contributed by atoms with Gasteiger partial charge < -0.3 is 14.3 Å². The average molecular weight is 459 g/mol. The molecule has 2 atom stereocenters. The molecule has 0 saturated heterocycles. The predicted molar refractivity (Wildman–Crippen MR) is 117 cm³/mol. The standard InChI is InChI=1S/C25H24F3NO4/c1-5-6-21(32-19-11-12-20(14(2)13-19)15(3)24(30)31)22-16(4)29-23(33-22)17-7-9-18(10-8-17)25(26,27)28/h5,7-13,15,21H,1,6H2,2-4H3,(H,30,31). The highest BCUT2D eigenvalue weighted by atomic mass is 19.4. The van der Waals surface area contributed by atoms with Crippen LogP contribution in [0, 0.1) is 13.8 Å². The monoisotopic (exact) mass is 459 g/mol. The number of halogens is 3. The molecule has 0 aliphatic carbocycles. The van der Waals surface area contributed by atoms with Crippen LogP contribution in [-0.2, 0) is 11.0 Å². The summed E-state index contributed by atoms with van der Waals surface area (Å²) in [6, 6.07) is 9.76. The van der Waals surface area contributed by atoms with Crippen molar-refractivity contribution < 1.29 is 32.2 Å². The summed E-state index contributed by atoms with van der Waals surface area (Å²) in [5, 5.41) is 9.26. The van der Waals surface area contributed by atoms with Gasteiger partial charge in [-0.15, -0.1) is 6.58 Å². The summed E-state index contributed by atoms with van der Waals surface area (Å²) in [7, 11) is 0. The molecule has 1 aromatic heterocycles. The van der Waals surface area contributed by atoms with Gasteiger partial charge in [-0.05, 0) is 68.3 Å². The van der Waals surface area contributed by atoms with Gasteiger partial charge in [-0.1, -0.05) is 12.1 Å². The highest BCUT2D eigenvalue weighted by Gasteiger charge is 2.30. The topological polar surface area (TPSA) is 72.6 Å². The summed E-state index contributed by atoms with van der Waals surface area (Å²) in [5.41, 5.74) is 1.68. The predicted octanol–water partition coefficient (Wildman–Crippen LogP) is 6.86. The van der Waals surface area contributed by atoms with Gasteiger partial charge in [0.2, 0.25) is 5.89 Å². The summed E-state index contributed by atoms with van der Waals surface area (Å²) in [5.74, 6) is -0.413. The number of alkyl halides is 3. The lowest BCUT2D eigenvalue weighted by Gasteiger charge is -2.18. The van der Waals surface area contributed by atoms with Crippen molar-refractivity contribution in [3.05, 3.63) is 83.3 Å². The van der Waals surface area contributed by atoms with Crippen molar-refractivity contribution in [2.45, 2.75) is 45.4 Å². The summed E-state index contributed by atoms with van der Waals surface area (Å²) in [4.78, 5) is 15.7. The smallest absolute Gasteiger partial charge is 0.416 e. The lowest BCUT2D eigenvalue weighted by Crippen LogP contribution is -2.10. The van der Waals surface area contributed by atoms with Crippen molar-refractivity contribution in [1.82, 2.24) is 4.98 Å². The second-order valence-electron chi connectivity index (χ2n) is 7.75. The van der Waals surface area contributed by atoms with E-state index in [4.69, 9.17) is 9.15 Å². The number of oxazole rings is 1. The molecule has 0 spiro atoms. The Labute approximate surface area is 189 Å². The molecule has 3 aromatic rings. The summed E-state index contributed by atoms with van der Waals surface area (Å²) in [6.07, 6.45) is -2.93. The van der Waals surface area contributed by atoms with Gasteiger partial charge in [-0.3, -0.25) is 4.79 Å². The number of nitrogens with zero attached hydrogens (tertiary/aromatic N) is 1. The van der Waals surface area contributed by atoms with Crippen LogP contribution in [0.1, 0.15) is 53.5 Å². The molecule has 1 N–H and O–H groups in total. The lowest BCUT2D eigenvalue weighted by atomic mass is 9.96. The molecular formula is C25H24F3NO4. The van der Waals surface area contributed by atoms with Crippen LogP contribution >= 0.6 is 0 Å². The Bertz CT molecular complexity index is 1150. The second-order valence-corrected chi connectivity index (χ2v) is 7.75. The highest BCUT2D eigenvalue weighted by molar-refractivity contribution is 5.76. The number of aliphatic carboxylic acids is 1. The number of carboxylic acids is 1. The van der Waals surface area contributed by atoms with E-state index in [0.29, 0.717) is 34.8 Å². The van der Waals surface area contributed by atoms with Gasteiger partial charge in [0.25, 0.3) is 0 Å². The minimum absolute atomic E-state index is 0.190. The Morgan fingerprint density at radius 2 is 1.88 bits per heavy atom. The van der Waals surface area contributed by atoms with Crippen molar-refractivity contribution >= 4 is 5.97 Å². The molecule has 0 aliphatic rings. The van der Waals surface area contributed by atoms with E-state index in [9.17, 15) is 23.1 Å². The Kier molecular flexibility index (Phi) is 6.95. The Morgan fingerprint density at radius 1 is 1.21 bits per heavy atom. The van der Waals surface area contributed by atoms with Gasteiger partial charge in [-0.2, -0.15) is 13.2 Å². The normalized spacial score (nSPS) is 13.4. The zero-order chi connectivity index (χ0) is 24.3. The minimum atomic E-state index is -4.42. The molecule has 8 heteroatoms. The van der Waals surface area contributed by atoms with Gasteiger partial charge in [0.05, 0.1) is 17.2 Å². The van der Waals surface area contributed by atoms with Gasteiger partial charge in [0, 0.05) is 12.0 Å². The number of carboxylic acid groups (broad SMARTS) is 1. The number of ether oxygens (including phenoxy) is 1. The van der Waals surface area contributed by atoms with E-state index in [1.165, 1.54) is 12.1 Å². The fraction of sp³-hybridized carbons (Fsp3) is 0.280. The van der Waals surface area contributed by atoms with Gasteiger partial charge >= 0.3 is 12.1 Å². The van der Waals surface area contributed by atoms with Crippen LogP contribution in [0.5, 0.6) is 5.75 Å². The first-order valence-corrected chi connectivity index (χ1v) is 10.3. The van der Waals surface area contributed by atoms with Crippen molar-refractivity contribution in [1.29, 1.82) is 0 Å². The van der Waals surface area contributed by atoms with E-state index in [1.807, 2.05) is 6.92 Å². The van der Waals surface area contributed by atoms with Crippen LogP contribution in [0.3, 0.4) is 0 Å². The minimum Gasteiger partial charge on any atom is -0.482 e. The molecule has 174 valence electrons. The molecule has 5 nitrogen and oxygen atoms in total. The fourth-order valence-electron chi connectivity index (χ4n) is 3.50. The third-order valence-corrected chi connectivity index (χ3v) is 5.32. The Hall–Kier alpha value is -3.55. The Balaban J connectivity index is 1.87. The maximum Gasteiger partial charge on any atom is 0.416 e. The number of carbonyl (C=O) groups is 1. The Morgan fingerprint density at radius 3 is 2.42 bits per heavy atom.